The second-order valence-electron chi connectivity index (χ2n) is 4.36. The van der Waals surface area contributed by atoms with Gasteiger partial charge in [-0.1, -0.05) is 34.1 Å². The van der Waals surface area contributed by atoms with E-state index >= 15 is 0 Å². The number of nitrogen functional groups attached to an aromatic ring is 1. The second kappa shape index (κ2) is 5.44. The van der Waals surface area contributed by atoms with Crippen LogP contribution in [0.2, 0.25) is 0 Å². The summed E-state index contributed by atoms with van der Waals surface area (Å²) in [5.74, 6) is 0.872. The van der Waals surface area contributed by atoms with Crippen LogP contribution in [0.5, 0.6) is 5.75 Å². The molecule has 0 saturated heterocycles. The topological polar surface area (TPSA) is 35.2 Å². The Hall–Kier alpha value is -1.48. The van der Waals surface area contributed by atoms with Crippen molar-refractivity contribution < 1.29 is 4.74 Å². The Bertz CT molecular complexity index is 543. The van der Waals surface area contributed by atoms with Crippen molar-refractivity contribution in [3.8, 4) is 5.75 Å². The number of hydrogen-bond acceptors (Lipinski definition) is 2. The lowest BCUT2D eigenvalue weighted by atomic mass is 10.1. The fraction of sp³-hybridized carbons (Fsp3) is 0.200. The molecule has 0 saturated carbocycles. The molecular formula is C15H16BrNO. The zero-order chi connectivity index (χ0) is 13.1. The predicted octanol–water partition coefficient (Wildman–Crippen LogP) is 4.23. The molecule has 2 nitrogen and oxygen atoms in total. The second-order valence-corrected chi connectivity index (χ2v) is 5.15. The molecule has 2 rings (SSSR count). The van der Waals surface area contributed by atoms with Crippen LogP contribution < -0.4 is 10.5 Å². The van der Waals surface area contributed by atoms with Crippen LogP contribution in [0, 0.1) is 13.8 Å². The van der Waals surface area contributed by atoms with Crippen molar-refractivity contribution in [3.63, 3.8) is 0 Å². The molecule has 0 atom stereocenters. The maximum Gasteiger partial charge on any atom is 0.120 e. The highest BCUT2D eigenvalue weighted by Gasteiger charge is 2.04. The van der Waals surface area contributed by atoms with Crippen LogP contribution in [0.1, 0.15) is 16.7 Å². The summed E-state index contributed by atoms with van der Waals surface area (Å²) in [5.41, 5.74) is 10.0. The van der Waals surface area contributed by atoms with Crippen LogP contribution in [-0.2, 0) is 6.61 Å². The zero-order valence-electron chi connectivity index (χ0n) is 10.5. The summed E-state index contributed by atoms with van der Waals surface area (Å²) in [6, 6.07) is 11.8. The first-order valence-corrected chi connectivity index (χ1v) is 6.60. The third-order valence-corrected chi connectivity index (χ3v) is 4.11. The van der Waals surface area contributed by atoms with Gasteiger partial charge in [-0.25, -0.2) is 0 Å². The van der Waals surface area contributed by atoms with Crippen LogP contribution in [0.25, 0.3) is 0 Å². The van der Waals surface area contributed by atoms with Gasteiger partial charge in [-0.15, -0.1) is 0 Å². The van der Waals surface area contributed by atoms with Gasteiger partial charge in [-0.2, -0.15) is 0 Å². The average molecular weight is 306 g/mol. The largest absolute Gasteiger partial charge is 0.489 e. The molecule has 0 aliphatic carbocycles. The van der Waals surface area contributed by atoms with Crippen molar-refractivity contribution in [3.05, 3.63) is 57.6 Å². The van der Waals surface area contributed by atoms with E-state index in [0.717, 1.165) is 21.5 Å². The molecule has 0 aliphatic rings. The Balaban J connectivity index is 2.14. The highest BCUT2D eigenvalue weighted by atomic mass is 79.9. The lowest BCUT2D eigenvalue weighted by Crippen LogP contribution is -2.00. The molecule has 0 unspecified atom stereocenters. The van der Waals surface area contributed by atoms with E-state index in [2.05, 4.69) is 29.8 Å². The molecular weight excluding hydrogens is 290 g/mol. The van der Waals surface area contributed by atoms with Crippen molar-refractivity contribution >= 4 is 21.6 Å². The van der Waals surface area contributed by atoms with Gasteiger partial charge in [0.15, 0.2) is 0 Å². The molecule has 0 fully saturated rings. The van der Waals surface area contributed by atoms with E-state index in [1.54, 1.807) is 0 Å². The van der Waals surface area contributed by atoms with Gasteiger partial charge in [0.2, 0.25) is 0 Å². The zero-order valence-corrected chi connectivity index (χ0v) is 12.1. The van der Waals surface area contributed by atoms with E-state index in [1.165, 1.54) is 11.1 Å². The predicted molar refractivity (Wildman–Crippen MR) is 78.8 cm³/mol. The van der Waals surface area contributed by atoms with E-state index in [9.17, 15) is 0 Å². The lowest BCUT2D eigenvalue weighted by Gasteiger charge is -2.11. The van der Waals surface area contributed by atoms with E-state index in [0.29, 0.717) is 6.61 Å². The Morgan fingerprint density at radius 2 is 1.72 bits per heavy atom. The van der Waals surface area contributed by atoms with Gasteiger partial charge in [0, 0.05) is 15.7 Å². The summed E-state index contributed by atoms with van der Waals surface area (Å²) in [4.78, 5) is 0. The fourth-order valence-electron chi connectivity index (χ4n) is 1.82. The number of aryl methyl sites for hydroxylation is 2. The van der Waals surface area contributed by atoms with Gasteiger partial charge in [-0.05, 0) is 43.2 Å². The molecule has 0 heterocycles. The molecule has 0 amide bonds. The molecule has 2 aromatic rings. The minimum Gasteiger partial charge on any atom is -0.489 e. The number of benzene rings is 2. The Kier molecular flexibility index (Phi) is 3.92. The van der Waals surface area contributed by atoms with Crippen LogP contribution in [0.4, 0.5) is 5.69 Å². The van der Waals surface area contributed by atoms with Gasteiger partial charge < -0.3 is 10.5 Å². The summed E-state index contributed by atoms with van der Waals surface area (Å²) in [7, 11) is 0. The van der Waals surface area contributed by atoms with Crippen molar-refractivity contribution in [2.75, 3.05) is 5.73 Å². The minimum absolute atomic E-state index is 0.493. The molecule has 2 aromatic carbocycles. The maximum atomic E-state index is 5.88. The van der Waals surface area contributed by atoms with Gasteiger partial charge in [0.05, 0.1) is 0 Å². The normalized spacial score (nSPS) is 10.4. The lowest BCUT2D eigenvalue weighted by molar-refractivity contribution is 0.306. The molecule has 0 aromatic heterocycles. The molecule has 94 valence electrons. The number of hydrogen-bond donors (Lipinski definition) is 1. The third-order valence-electron chi connectivity index (χ3n) is 2.86. The molecule has 0 radical (unpaired) electrons. The standard InChI is InChI=1S/C15H16BrNO/c1-10-7-13(8-11(2)15(10)16)18-9-12-5-3-4-6-14(12)17/h3-8H,9,17H2,1-2H3. The van der Waals surface area contributed by atoms with Crippen LogP contribution in [0.15, 0.2) is 40.9 Å². The first kappa shape index (κ1) is 13.0. The first-order chi connectivity index (χ1) is 8.58. The molecule has 0 bridgehead atoms. The molecule has 0 aliphatic heterocycles. The smallest absolute Gasteiger partial charge is 0.120 e. The number of para-hydroxylation sites is 1. The first-order valence-electron chi connectivity index (χ1n) is 5.81. The highest BCUT2D eigenvalue weighted by molar-refractivity contribution is 9.10. The fourth-order valence-corrected chi connectivity index (χ4v) is 2.05. The maximum absolute atomic E-state index is 5.88. The number of nitrogens with two attached hydrogens (primary N) is 1. The summed E-state index contributed by atoms with van der Waals surface area (Å²) in [5, 5.41) is 0. The van der Waals surface area contributed by atoms with Crippen molar-refractivity contribution in [1.29, 1.82) is 0 Å². The summed E-state index contributed by atoms with van der Waals surface area (Å²) < 4.78 is 6.92. The van der Waals surface area contributed by atoms with Crippen molar-refractivity contribution in [1.82, 2.24) is 0 Å². The molecule has 2 N–H and O–H groups in total. The number of rotatable bonds is 3. The van der Waals surface area contributed by atoms with Gasteiger partial charge in [-0.3, -0.25) is 0 Å². The summed E-state index contributed by atoms with van der Waals surface area (Å²) in [6.07, 6.45) is 0. The van der Waals surface area contributed by atoms with Crippen LogP contribution in [0.3, 0.4) is 0 Å². The monoisotopic (exact) mass is 305 g/mol. The van der Waals surface area contributed by atoms with E-state index in [1.807, 2.05) is 36.4 Å². The van der Waals surface area contributed by atoms with Gasteiger partial charge >= 0.3 is 0 Å². The minimum atomic E-state index is 0.493. The van der Waals surface area contributed by atoms with E-state index in [-0.39, 0.29) is 0 Å². The van der Waals surface area contributed by atoms with Crippen molar-refractivity contribution in [2.24, 2.45) is 0 Å². The van der Waals surface area contributed by atoms with Gasteiger partial charge in [0.1, 0.15) is 12.4 Å². The highest BCUT2D eigenvalue weighted by Crippen LogP contribution is 2.27. The Labute approximate surface area is 116 Å². The molecule has 3 heteroatoms. The van der Waals surface area contributed by atoms with Crippen LogP contribution >= 0.6 is 15.9 Å². The number of ether oxygens (including phenoxy) is 1. The third kappa shape index (κ3) is 2.85. The van der Waals surface area contributed by atoms with Crippen LogP contribution in [-0.4, -0.2) is 0 Å². The average Bonchev–Trinajstić information content (AvgIpc) is 2.35. The summed E-state index contributed by atoms with van der Waals surface area (Å²) in [6.45, 7) is 4.61. The number of anilines is 1. The van der Waals surface area contributed by atoms with E-state index in [4.69, 9.17) is 10.5 Å². The summed E-state index contributed by atoms with van der Waals surface area (Å²) >= 11 is 3.55. The number of halogens is 1. The van der Waals surface area contributed by atoms with E-state index < -0.39 is 0 Å². The Morgan fingerprint density at radius 1 is 1.11 bits per heavy atom. The Morgan fingerprint density at radius 3 is 2.33 bits per heavy atom. The molecule has 18 heavy (non-hydrogen) atoms. The SMILES string of the molecule is Cc1cc(OCc2ccccc2N)cc(C)c1Br. The van der Waals surface area contributed by atoms with Crippen molar-refractivity contribution in [2.45, 2.75) is 20.5 Å². The van der Waals surface area contributed by atoms with Gasteiger partial charge in [0.25, 0.3) is 0 Å². The molecule has 0 spiro atoms. The quantitative estimate of drug-likeness (QED) is 0.861.